The predicted octanol–water partition coefficient (Wildman–Crippen LogP) is 5.46. The number of fused-ring (bicyclic) bond motifs is 3. The first kappa shape index (κ1) is 25.2. The van der Waals surface area contributed by atoms with E-state index < -0.39 is 6.29 Å². The van der Waals surface area contributed by atoms with Crippen molar-refractivity contribution in [3.05, 3.63) is 107 Å². The number of amides is 1. The zero-order valence-corrected chi connectivity index (χ0v) is 21.0. The average molecular weight is 502 g/mol. The number of carbonyl (C=O) groups is 1. The minimum atomic E-state index is -0.613. The minimum Gasteiger partial charge on any atom is -0.459 e. The Morgan fingerprint density at radius 3 is 2.65 bits per heavy atom. The van der Waals surface area contributed by atoms with Gasteiger partial charge in [0.2, 0.25) is 6.29 Å². The van der Waals surface area contributed by atoms with Crippen molar-refractivity contribution in [2.75, 3.05) is 13.2 Å². The molecule has 5 rings (SSSR count). The van der Waals surface area contributed by atoms with Crippen LogP contribution < -0.4 is 5.32 Å². The number of ether oxygens (including phenoxy) is 2. The van der Waals surface area contributed by atoms with Crippen LogP contribution in [-0.4, -0.2) is 30.5 Å². The molecule has 0 unspecified atom stereocenters. The Kier molecular flexibility index (Phi) is 7.68. The van der Waals surface area contributed by atoms with Crippen LogP contribution in [0.1, 0.15) is 47.9 Å². The summed E-state index contributed by atoms with van der Waals surface area (Å²) in [5.74, 6) is -0.611. The number of hydrogen-bond donors (Lipinski definition) is 2. The number of hydrogen-bond acceptors (Lipinski definition) is 4. The van der Waals surface area contributed by atoms with E-state index in [1.54, 1.807) is 12.1 Å². The summed E-state index contributed by atoms with van der Waals surface area (Å²) in [5.41, 5.74) is 7.00. The highest BCUT2D eigenvalue weighted by Gasteiger charge is 2.39. The zero-order chi connectivity index (χ0) is 25.8. The van der Waals surface area contributed by atoms with Gasteiger partial charge in [0.05, 0.1) is 0 Å². The Morgan fingerprint density at radius 2 is 1.86 bits per heavy atom. The maximum atomic E-state index is 13.3. The van der Waals surface area contributed by atoms with Crippen LogP contribution in [0.2, 0.25) is 0 Å². The molecular formula is C31H32FNO4. The molecule has 1 aliphatic carbocycles. The van der Waals surface area contributed by atoms with Crippen LogP contribution in [0.25, 0.3) is 11.1 Å². The van der Waals surface area contributed by atoms with Gasteiger partial charge in [0, 0.05) is 31.6 Å². The SMILES string of the molecule is CCO[C@H]1OC(C(=O)NCc2ccc(F)cc2)=C[C@@H](c2cccc3c2Cc2ccccc2-3)[C@H]1CCCO. The fraction of sp³-hybridized carbons (Fsp3) is 0.323. The second kappa shape index (κ2) is 11.3. The lowest BCUT2D eigenvalue weighted by Gasteiger charge is -2.37. The van der Waals surface area contributed by atoms with E-state index in [1.807, 2.05) is 13.0 Å². The van der Waals surface area contributed by atoms with E-state index >= 15 is 0 Å². The van der Waals surface area contributed by atoms with Crippen LogP contribution in [-0.2, 0) is 27.2 Å². The van der Waals surface area contributed by atoms with Gasteiger partial charge in [-0.1, -0.05) is 54.6 Å². The van der Waals surface area contributed by atoms with Gasteiger partial charge in [-0.2, -0.15) is 0 Å². The molecule has 1 aliphatic heterocycles. The van der Waals surface area contributed by atoms with Gasteiger partial charge in [0.1, 0.15) is 5.82 Å². The van der Waals surface area contributed by atoms with E-state index in [9.17, 15) is 14.3 Å². The molecule has 192 valence electrons. The average Bonchev–Trinajstić information content (AvgIpc) is 3.30. The second-order valence-electron chi connectivity index (χ2n) is 9.54. The summed E-state index contributed by atoms with van der Waals surface area (Å²) in [5, 5.41) is 12.5. The number of carbonyl (C=O) groups excluding carboxylic acids is 1. The van der Waals surface area contributed by atoms with Gasteiger partial charge in [-0.3, -0.25) is 4.79 Å². The largest absolute Gasteiger partial charge is 0.459 e. The molecule has 0 saturated heterocycles. The van der Waals surface area contributed by atoms with Gasteiger partial charge in [-0.25, -0.2) is 4.39 Å². The van der Waals surface area contributed by atoms with E-state index in [1.165, 1.54) is 34.4 Å². The van der Waals surface area contributed by atoms with Crippen LogP contribution in [0.4, 0.5) is 4.39 Å². The molecule has 0 fully saturated rings. The summed E-state index contributed by atoms with van der Waals surface area (Å²) in [7, 11) is 0. The molecule has 1 amide bonds. The van der Waals surface area contributed by atoms with Gasteiger partial charge >= 0.3 is 0 Å². The van der Waals surface area contributed by atoms with Crippen molar-refractivity contribution < 1.29 is 23.8 Å². The molecule has 2 aliphatic rings. The van der Waals surface area contributed by atoms with E-state index in [-0.39, 0.29) is 42.5 Å². The van der Waals surface area contributed by atoms with Crippen molar-refractivity contribution in [3.63, 3.8) is 0 Å². The third kappa shape index (κ3) is 5.31. The molecule has 3 atom stereocenters. The highest BCUT2D eigenvalue weighted by Crippen LogP contribution is 2.45. The number of aliphatic hydroxyl groups is 1. The molecule has 0 aromatic heterocycles. The molecule has 37 heavy (non-hydrogen) atoms. The van der Waals surface area contributed by atoms with Crippen molar-refractivity contribution in [3.8, 4) is 11.1 Å². The zero-order valence-electron chi connectivity index (χ0n) is 21.0. The smallest absolute Gasteiger partial charge is 0.286 e. The quantitative estimate of drug-likeness (QED) is 0.320. The van der Waals surface area contributed by atoms with Gasteiger partial charge in [0.15, 0.2) is 5.76 Å². The van der Waals surface area contributed by atoms with Gasteiger partial charge in [-0.15, -0.1) is 0 Å². The van der Waals surface area contributed by atoms with Gasteiger partial charge in [-0.05, 0) is 77.8 Å². The predicted molar refractivity (Wildman–Crippen MR) is 140 cm³/mol. The summed E-state index contributed by atoms with van der Waals surface area (Å²) in [4.78, 5) is 13.2. The summed E-state index contributed by atoms with van der Waals surface area (Å²) in [6, 6.07) is 20.9. The lowest BCUT2D eigenvalue weighted by atomic mass is 9.78. The fourth-order valence-corrected chi connectivity index (χ4v) is 5.49. The molecule has 1 heterocycles. The Morgan fingerprint density at radius 1 is 1.08 bits per heavy atom. The first-order chi connectivity index (χ1) is 18.1. The Labute approximate surface area is 216 Å². The molecule has 3 aromatic carbocycles. The standard InChI is InChI=1S/C31H32FNO4/c1-2-36-31-26(11-6-16-34)28(18-29(37-31)30(35)33-19-20-12-14-22(32)15-13-20)25-10-5-9-24-23-8-4-3-7-21(23)17-27(24)25/h3-5,7-10,12-15,18,26,28,31,34H,2,6,11,16-17,19H2,1H3,(H,33,35)/t26-,28+,31+/m1/s1. The van der Waals surface area contributed by atoms with Crippen LogP contribution in [0.5, 0.6) is 0 Å². The van der Waals surface area contributed by atoms with Crippen molar-refractivity contribution in [1.29, 1.82) is 0 Å². The summed E-state index contributed by atoms with van der Waals surface area (Å²) < 4.78 is 25.4. The summed E-state index contributed by atoms with van der Waals surface area (Å²) in [6.07, 6.45) is 3.45. The molecule has 0 saturated carbocycles. The minimum absolute atomic E-state index is 0.0593. The monoisotopic (exact) mass is 501 g/mol. The van der Waals surface area contributed by atoms with Gasteiger partial charge in [0.25, 0.3) is 5.91 Å². The fourth-order valence-electron chi connectivity index (χ4n) is 5.49. The summed E-state index contributed by atoms with van der Waals surface area (Å²) >= 11 is 0. The van der Waals surface area contributed by atoms with Crippen LogP contribution in [0.3, 0.4) is 0 Å². The number of benzene rings is 3. The number of allylic oxidation sites excluding steroid dienone is 1. The molecule has 5 nitrogen and oxygen atoms in total. The number of aliphatic hydroxyl groups excluding tert-OH is 1. The van der Waals surface area contributed by atoms with E-state index in [0.717, 1.165) is 17.5 Å². The van der Waals surface area contributed by atoms with Crippen LogP contribution in [0.15, 0.2) is 78.6 Å². The normalized spacial score (nSPS) is 20.0. The maximum absolute atomic E-state index is 13.3. The van der Waals surface area contributed by atoms with E-state index in [0.29, 0.717) is 19.4 Å². The molecule has 0 radical (unpaired) electrons. The lowest BCUT2D eigenvalue weighted by Crippen LogP contribution is -2.39. The van der Waals surface area contributed by atoms with Crippen LogP contribution >= 0.6 is 0 Å². The van der Waals surface area contributed by atoms with Crippen LogP contribution in [0, 0.1) is 11.7 Å². The molecule has 0 spiro atoms. The number of nitrogens with one attached hydrogen (secondary N) is 1. The molecule has 2 N–H and O–H groups in total. The maximum Gasteiger partial charge on any atom is 0.286 e. The van der Waals surface area contributed by atoms with Crippen molar-refractivity contribution in [2.24, 2.45) is 5.92 Å². The third-order valence-electron chi connectivity index (χ3n) is 7.25. The van der Waals surface area contributed by atoms with E-state index in [4.69, 9.17) is 9.47 Å². The first-order valence-electron chi connectivity index (χ1n) is 12.9. The number of halogens is 1. The Bertz CT molecular complexity index is 1290. The van der Waals surface area contributed by atoms with E-state index in [2.05, 4.69) is 47.8 Å². The number of rotatable bonds is 9. The summed E-state index contributed by atoms with van der Waals surface area (Å²) in [6.45, 7) is 2.68. The lowest BCUT2D eigenvalue weighted by molar-refractivity contribution is -0.166. The molecule has 6 heteroatoms. The highest BCUT2D eigenvalue weighted by molar-refractivity contribution is 5.91. The Hall–Kier alpha value is -3.48. The third-order valence-corrected chi connectivity index (χ3v) is 7.25. The molecule has 3 aromatic rings. The molecule has 0 bridgehead atoms. The van der Waals surface area contributed by atoms with Gasteiger partial charge < -0.3 is 19.9 Å². The highest BCUT2D eigenvalue weighted by atomic mass is 19.1. The first-order valence-corrected chi connectivity index (χ1v) is 12.9. The van der Waals surface area contributed by atoms with Crippen molar-refractivity contribution >= 4 is 5.91 Å². The molecular weight excluding hydrogens is 469 g/mol. The van der Waals surface area contributed by atoms with Crippen molar-refractivity contribution in [1.82, 2.24) is 5.32 Å². The van der Waals surface area contributed by atoms with Crippen molar-refractivity contribution in [2.45, 2.75) is 44.9 Å². The Balaban J connectivity index is 1.49. The topological polar surface area (TPSA) is 67.8 Å². The second-order valence-corrected chi connectivity index (χ2v) is 9.54.